The lowest BCUT2D eigenvalue weighted by atomic mass is 10.1. The van der Waals surface area contributed by atoms with Crippen molar-refractivity contribution in [2.75, 3.05) is 5.32 Å². The number of H-pyrrole nitrogens is 1. The molecule has 0 atom stereocenters. The molecule has 5 heteroatoms. The molecular weight excluding hydrogens is 322 g/mol. The molecule has 1 fully saturated rings. The maximum absolute atomic E-state index is 9.38. The summed E-state index contributed by atoms with van der Waals surface area (Å²) in [4.78, 5) is 4.80. The van der Waals surface area contributed by atoms with Crippen LogP contribution < -0.4 is 5.32 Å². The van der Waals surface area contributed by atoms with Gasteiger partial charge in [-0.15, -0.1) is 0 Å². The van der Waals surface area contributed by atoms with Crippen molar-refractivity contribution in [1.82, 2.24) is 14.6 Å². The van der Waals surface area contributed by atoms with Gasteiger partial charge in [0.05, 0.1) is 0 Å². The van der Waals surface area contributed by atoms with Gasteiger partial charge in [-0.25, -0.2) is 9.50 Å². The number of rotatable bonds is 4. The molecule has 2 aromatic heterocycles. The Morgan fingerprint density at radius 1 is 1.19 bits per heavy atom. The molecule has 0 unspecified atom stereocenters. The van der Waals surface area contributed by atoms with E-state index in [9.17, 15) is 5.26 Å². The van der Waals surface area contributed by atoms with Crippen LogP contribution in [0, 0.1) is 11.3 Å². The number of aromatic nitrogens is 3. The van der Waals surface area contributed by atoms with Crippen LogP contribution in [-0.4, -0.2) is 20.6 Å². The topological polar surface area (TPSA) is 68.9 Å². The van der Waals surface area contributed by atoms with Crippen LogP contribution in [0.1, 0.15) is 56.6 Å². The lowest BCUT2D eigenvalue weighted by Gasteiger charge is -2.18. The summed E-state index contributed by atoms with van der Waals surface area (Å²) in [5.74, 6) is 0.970. The van der Waals surface area contributed by atoms with E-state index in [2.05, 4.69) is 47.7 Å². The highest BCUT2D eigenvalue weighted by Crippen LogP contribution is 2.32. The normalized spacial score (nSPS) is 15.7. The van der Waals surface area contributed by atoms with Gasteiger partial charge in [0.15, 0.2) is 11.5 Å². The third kappa shape index (κ3) is 3.08. The minimum Gasteiger partial charge on any atom is -0.365 e. The summed E-state index contributed by atoms with van der Waals surface area (Å²) in [6.45, 7) is 2.16. The number of imidazole rings is 1. The second-order valence-corrected chi connectivity index (χ2v) is 7.15. The molecule has 0 aliphatic heterocycles. The molecule has 1 saturated carbocycles. The van der Waals surface area contributed by atoms with Crippen LogP contribution in [0.2, 0.25) is 0 Å². The van der Waals surface area contributed by atoms with E-state index in [0.717, 1.165) is 23.5 Å². The molecule has 2 heterocycles. The van der Waals surface area contributed by atoms with Gasteiger partial charge in [0.1, 0.15) is 17.3 Å². The highest BCUT2D eigenvalue weighted by atomic mass is 15.3. The number of aromatic amines is 1. The Kier molecular flexibility index (Phi) is 4.66. The van der Waals surface area contributed by atoms with Crippen molar-refractivity contribution >= 4 is 11.5 Å². The monoisotopic (exact) mass is 347 g/mol. The summed E-state index contributed by atoms with van der Waals surface area (Å²) in [5.41, 5.74) is 4.58. The van der Waals surface area contributed by atoms with Crippen LogP contribution in [0.15, 0.2) is 30.5 Å². The molecule has 0 bridgehead atoms. The average molecular weight is 347 g/mol. The minimum atomic E-state index is 0.458. The second-order valence-electron chi connectivity index (χ2n) is 7.15. The first-order valence-corrected chi connectivity index (χ1v) is 9.66. The predicted molar refractivity (Wildman–Crippen MR) is 104 cm³/mol. The average Bonchev–Trinajstić information content (AvgIpc) is 3.12. The fraction of sp³-hybridized carbons (Fsp3) is 0.429. The van der Waals surface area contributed by atoms with E-state index in [-0.39, 0.29) is 0 Å². The number of nitrogens with zero attached hydrogens (tertiary/aromatic N) is 3. The quantitative estimate of drug-likeness (QED) is 0.660. The third-order valence-electron chi connectivity index (χ3n) is 5.41. The first kappa shape index (κ1) is 16.7. The Morgan fingerprint density at radius 2 is 1.92 bits per heavy atom. The number of hydrogen-bond donors (Lipinski definition) is 2. The predicted octanol–water partition coefficient (Wildman–Crippen LogP) is 4.90. The van der Waals surface area contributed by atoms with Crippen molar-refractivity contribution in [3.63, 3.8) is 0 Å². The number of nitrogens with one attached hydrogen (secondary N) is 2. The Labute approximate surface area is 154 Å². The summed E-state index contributed by atoms with van der Waals surface area (Å²) in [6.07, 6.45) is 10.3. The smallest absolute Gasteiger partial charge is 0.173 e. The van der Waals surface area contributed by atoms with Gasteiger partial charge in [-0.3, -0.25) is 5.10 Å². The molecule has 1 aliphatic rings. The van der Waals surface area contributed by atoms with E-state index in [1.807, 2.05) is 4.52 Å². The largest absolute Gasteiger partial charge is 0.365 e. The van der Waals surface area contributed by atoms with E-state index in [0.29, 0.717) is 17.3 Å². The van der Waals surface area contributed by atoms with Gasteiger partial charge in [0.25, 0.3) is 0 Å². The van der Waals surface area contributed by atoms with Crippen LogP contribution in [0.3, 0.4) is 0 Å². The molecule has 3 aromatic rings. The number of anilines is 1. The van der Waals surface area contributed by atoms with Crippen molar-refractivity contribution in [3.8, 4) is 17.3 Å². The van der Waals surface area contributed by atoms with Gasteiger partial charge in [-0.05, 0) is 24.8 Å². The number of hydrogen-bond acceptors (Lipinski definition) is 3. The van der Waals surface area contributed by atoms with Crippen molar-refractivity contribution in [2.24, 2.45) is 0 Å². The first-order chi connectivity index (χ1) is 12.8. The Morgan fingerprint density at radius 3 is 2.58 bits per heavy atom. The van der Waals surface area contributed by atoms with Gasteiger partial charge >= 0.3 is 0 Å². The molecule has 2 N–H and O–H groups in total. The number of benzene rings is 1. The minimum absolute atomic E-state index is 0.458. The Balaban J connectivity index is 1.77. The number of fused-ring (bicyclic) bond motifs is 1. The Bertz CT molecular complexity index is 918. The molecule has 0 saturated heterocycles. The molecule has 0 radical (unpaired) electrons. The van der Waals surface area contributed by atoms with Crippen molar-refractivity contribution < 1.29 is 0 Å². The van der Waals surface area contributed by atoms with E-state index >= 15 is 0 Å². The molecular formula is C21H25N5. The fourth-order valence-corrected chi connectivity index (χ4v) is 3.85. The zero-order valence-electron chi connectivity index (χ0n) is 15.3. The second kappa shape index (κ2) is 7.25. The van der Waals surface area contributed by atoms with E-state index < -0.39 is 0 Å². The standard InChI is InChI=1S/C21H25N5/c1-2-15-9-11-16(12-10-15)19-21(24-18-7-5-3-4-6-8-18)26-20(25-19)17(13-22)14-23-26/h9-12,14,18,23-24H,2-8H2,1H3. The van der Waals surface area contributed by atoms with Crippen LogP contribution in [0.25, 0.3) is 16.9 Å². The maximum Gasteiger partial charge on any atom is 0.173 e. The van der Waals surface area contributed by atoms with Gasteiger partial charge in [0, 0.05) is 17.8 Å². The zero-order chi connectivity index (χ0) is 17.9. The van der Waals surface area contributed by atoms with Crippen molar-refractivity contribution in [2.45, 2.75) is 57.9 Å². The number of nitriles is 1. The summed E-state index contributed by atoms with van der Waals surface area (Å²) in [7, 11) is 0. The summed E-state index contributed by atoms with van der Waals surface area (Å²) >= 11 is 0. The maximum atomic E-state index is 9.38. The molecule has 134 valence electrons. The summed E-state index contributed by atoms with van der Waals surface area (Å²) < 4.78 is 1.92. The van der Waals surface area contributed by atoms with Crippen LogP contribution >= 0.6 is 0 Å². The molecule has 5 nitrogen and oxygen atoms in total. The van der Waals surface area contributed by atoms with Gasteiger partial charge in [-0.2, -0.15) is 5.26 Å². The lowest BCUT2D eigenvalue weighted by Crippen LogP contribution is -2.20. The van der Waals surface area contributed by atoms with E-state index in [1.54, 1.807) is 6.20 Å². The van der Waals surface area contributed by atoms with E-state index in [1.165, 1.54) is 44.1 Å². The lowest BCUT2D eigenvalue weighted by molar-refractivity contribution is 0.615. The van der Waals surface area contributed by atoms with Gasteiger partial charge < -0.3 is 5.32 Å². The molecule has 0 spiro atoms. The Hall–Kier alpha value is -2.74. The number of aryl methyl sites for hydroxylation is 1. The highest BCUT2D eigenvalue weighted by Gasteiger charge is 2.21. The highest BCUT2D eigenvalue weighted by molar-refractivity contribution is 5.78. The van der Waals surface area contributed by atoms with Crippen LogP contribution in [0.4, 0.5) is 5.82 Å². The molecule has 1 aromatic carbocycles. The van der Waals surface area contributed by atoms with Crippen LogP contribution in [0.5, 0.6) is 0 Å². The van der Waals surface area contributed by atoms with Gasteiger partial charge in [0.2, 0.25) is 0 Å². The van der Waals surface area contributed by atoms with Crippen LogP contribution in [-0.2, 0) is 6.42 Å². The summed E-state index contributed by atoms with van der Waals surface area (Å²) in [5, 5.41) is 16.3. The zero-order valence-corrected chi connectivity index (χ0v) is 15.3. The molecule has 1 aliphatic carbocycles. The molecule has 0 amide bonds. The fourth-order valence-electron chi connectivity index (χ4n) is 3.85. The van der Waals surface area contributed by atoms with Crippen molar-refractivity contribution in [1.29, 1.82) is 5.26 Å². The molecule has 4 rings (SSSR count). The van der Waals surface area contributed by atoms with Gasteiger partial charge in [-0.1, -0.05) is 56.9 Å². The summed E-state index contributed by atoms with van der Waals surface area (Å²) in [6, 6.07) is 11.3. The SMILES string of the molecule is CCc1ccc(-c2nc3c(C#N)c[nH]n3c2NC2CCCCCC2)cc1. The van der Waals surface area contributed by atoms with E-state index in [4.69, 9.17) is 4.98 Å². The molecule has 26 heavy (non-hydrogen) atoms. The van der Waals surface area contributed by atoms with Crippen molar-refractivity contribution in [3.05, 3.63) is 41.6 Å². The third-order valence-corrected chi connectivity index (χ3v) is 5.41. The first-order valence-electron chi connectivity index (χ1n) is 9.66.